The van der Waals surface area contributed by atoms with Gasteiger partial charge in [-0.1, -0.05) is 0 Å². The summed E-state index contributed by atoms with van der Waals surface area (Å²) in [5.74, 6) is 0. The Morgan fingerprint density at radius 2 is 1.73 bits per heavy atom. The van der Waals surface area contributed by atoms with Gasteiger partial charge in [0.2, 0.25) is 0 Å². The maximum absolute atomic E-state index is 13.1. The molecule has 160 valence electrons. The summed E-state index contributed by atoms with van der Waals surface area (Å²) in [6.07, 6.45) is 5.58. The van der Waals surface area contributed by atoms with E-state index < -0.39 is 21.5 Å². The van der Waals surface area contributed by atoms with Crippen LogP contribution in [-0.4, -0.2) is 25.3 Å². The molecule has 0 saturated heterocycles. The molecule has 0 aliphatic heterocycles. The first kappa shape index (κ1) is 20.9. The van der Waals surface area contributed by atoms with E-state index in [1.165, 1.54) is 6.07 Å². The average Bonchev–Trinajstić information content (AvgIpc) is 3.28. The molecule has 1 atom stereocenters. The molecule has 2 aliphatic rings. The molecule has 2 amide bonds. The number of aryl methyl sites for hydroxylation is 3. The van der Waals surface area contributed by atoms with E-state index in [4.69, 9.17) is 10.1 Å². The Morgan fingerprint density at radius 3 is 2.27 bits per heavy atom. The molecule has 2 aromatic heterocycles. The molecule has 9 heteroatoms. The molecular formula is C21H27N5O3S. The number of rotatable bonds is 3. The van der Waals surface area contributed by atoms with Crippen molar-refractivity contribution in [2.75, 3.05) is 5.32 Å². The maximum Gasteiger partial charge on any atom is 0.354 e. The first-order chi connectivity index (χ1) is 14.1. The van der Waals surface area contributed by atoms with Crippen LogP contribution in [0, 0.1) is 6.92 Å². The van der Waals surface area contributed by atoms with E-state index in [1.807, 2.05) is 0 Å². The number of hydrogen-bond acceptors (Lipinski definition) is 5. The van der Waals surface area contributed by atoms with Crippen molar-refractivity contribution in [1.29, 1.82) is 0 Å². The number of amides is 2. The van der Waals surface area contributed by atoms with E-state index in [9.17, 15) is 14.1 Å². The summed E-state index contributed by atoms with van der Waals surface area (Å²) in [5, 5.41) is 18.9. The van der Waals surface area contributed by atoms with E-state index in [0.29, 0.717) is 11.4 Å². The van der Waals surface area contributed by atoms with Gasteiger partial charge in [-0.15, -0.1) is 4.36 Å². The lowest BCUT2D eigenvalue weighted by atomic mass is 10.0. The second-order valence-corrected chi connectivity index (χ2v) is 10.2. The molecule has 4 rings (SSSR count). The second-order valence-electron chi connectivity index (χ2n) is 8.47. The Morgan fingerprint density at radius 1 is 1.13 bits per heavy atom. The predicted molar refractivity (Wildman–Crippen MR) is 115 cm³/mol. The number of aromatic nitrogens is 2. The number of pyridine rings is 2. The summed E-state index contributed by atoms with van der Waals surface area (Å²) < 4.78 is 16.9. The van der Waals surface area contributed by atoms with Gasteiger partial charge < -0.3 is 10.4 Å². The summed E-state index contributed by atoms with van der Waals surface area (Å²) in [6, 6.07) is 2.32. The molecule has 0 fully saturated rings. The quantitative estimate of drug-likeness (QED) is 0.690. The van der Waals surface area contributed by atoms with Crippen molar-refractivity contribution >= 4 is 21.6 Å². The Hall–Kier alpha value is -2.36. The number of carbonyl (C=O) groups excluding carboxylic acids is 1. The van der Waals surface area contributed by atoms with Crippen molar-refractivity contribution in [2.45, 2.75) is 69.8 Å². The standard InChI is InChI=1S/C21H27N5O3S/c1-12-17(10-11-18(23-12)21(2,3)28)30(22,29)26-20(27)25-19-13-6-4-8-15(13)24-16-9-5-7-14(16)19/h10-11,28H,4-9H2,1-3H3,(H3,22,24,25,26,27,29)/t30-/m1/s1. The highest BCUT2D eigenvalue weighted by Crippen LogP contribution is 2.36. The van der Waals surface area contributed by atoms with Gasteiger partial charge >= 0.3 is 6.03 Å². The van der Waals surface area contributed by atoms with E-state index in [2.05, 4.69) is 14.7 Å². The minimum atomic E-state index is -3.50. The molecule has 2 aromatic rings. The number of aliphatic hydroxyl groups is 1. The van der Waals surface area contributed by atoms with E-state index in [-0.39, 0.29) is 4.90 Å². The molecule has 4 N–H and O–H groups in total. The number of nitrogens with zero attached hydrogens (tertiary/aromatic N) is 3. The van der Waals surface area contributed by atoms with Gasteiger partial charge in [0.15, 0.2) is 0 Å². The Bertz CT molecular complexity index is 1130. The number of nitrogens with one attached hydrogen (secondary N) is 1. The van der Waals surface area contributed by atoms with Gasteiger partial charge in [-0.2, -0.15) is 0 Å². The van der Waals surface area contributed by atoms with Gasteiger partial charge in [0.25, 0.3) is 0 Å². The molecule has 8 nitrogen and oxygen atoms in total. The first-order valence-electron chi connectivity index (χ1n) is 10.2. The average molecular weight is 430 g/mol. The fourth-order valence-corrected chi connectivity index (χ4v) is 5.36. The van der Waals surface area contributed by atoms with Crippen molar-refractivity contribution in [3.63, 3.8) is 0 Å². The zero-order valence-corrected chi connectivity index (χ0v) is 18.3. The number of hydrogen-bond donors (Lipinski definition) is 3. The molecule has 30 heavy (non-hydrogen) atoms. The zero-order valence-electron chi connectivity index (χ0n) is 17.5. The first-order valence-corrected chi connectivity index (χ1v) is 11.7. The minimum Gasteiger partial charge on any atom is -0.384 e. The largest absolute Gasteiger partial charge is 0.384 e. The summed E-state index contributed by atoms with van der Waals surface area (Å²) in [6.45, 7) is 4.85. The SMILES string of the molecule is Cc1nc(C(C)(C)O)ccc1[S@](N)(=O)=NC(=O)Nc1c2c(nc3c1CCC3)CCC2. The number of urea groups is 1. The molecule has 2 heterocycles. The highest BCUT2D eigenvalue weighted by Gasteiger charge is 2.27. The summed E-state index contributed by atoms with van der Waals surface area (Å²) in [5.41, 5.74) is 4.64. The number of carbonyl (C=O) groups is 1. The van der Waals surface area contributed by atoms with Crippen LogP contribution < -0.4 is 10.5 Å². The van der Waals surface area contributed by atoms with Crippen LogP contribution in [-0.2, 0) is 41.2 Å². The summed E-state index contributed by atoms with van der Waals surface area (Å²) >= 11 is 0. The van der Waals surface area contributed by atoms with Crippen LogP contribution in [0.2, 0.25) is 0 Å². The van der Waals surface area contributed by atoms with E-state index in [0.717, 1.165) is 66.7 Å². The molecule has 2 aliphatic carbocycles. The fourth-order valence-electron chi connectivity index (χ4n) is 4.24. The van der Waals surface area contributed by atoms with Crippen molar-refractivity contribution in [1.82, 2.24) is 9.97 Å². The van der Waals surface area contributed by atoms with E-state index >= 15 is 0 Å². The smallest absolute Gasteiger partial charge is 0.354 e. The molecule has 0 radical (unpaired) electrons. The normalized spacial score (nSPS) is 17.2. The van der Waals surface area contributed by atoms with Crippen molar-refractivity contribution in [3.8, 4) is 0 Å². The van der Waals surface area contributed by atoms with Crippen LogP contribution in [0.4, 0.5) is 10.5 Å². The van der Waals surface area contributed by atoms with Gasteiger partial charge in [-0.25, -0.2) is 14.1 Å². The van der Waals surface area contributed by atoms with Crippen LogP contribution in [0.1, 0.15) is 60.6 Å². The fraction of sp³-hybridized carbons (Fsp3) is 0.476. The third-order valence-corrected chi connectivity index (χ3v) is 7.18. The molecular weight excluding hydrogens is 402 g/mol. The topological polar surface area (TPSA) is 131 Å². The summed E-state index contributed by atoms with van der Waals surface area (Å²) in [7, 11) is -3.50. The molecule has 0 bridgehead atoms. The Balaban J connectivity index is 1.67. The number of nitrogens with two attached hydrogens (primary N) is 1. The predicted octanol–water partition coefficient (Wildman–Crippen LogP) is 2.92. The van der Waals surface area contributed by atoms with Crippen molar-refractivity contribution in [2.24, 2.45) is 9.50 Å². The lowest BCUT2D eigenvalue weighted by Gasteiger charge is -2.18. The van der Waals surface area contributed by atoms with Gasteiger partial charge in [0, 0.05) is 11.4 Å². The Labute approximate surface area is 176 Å². The molecule has 0 unspecified atom stereocenters. The van der Waals surface area contributed by atoms with Gasteiger partial charge in [-0.05, 0) is 82.6 Å². The van der Waals surface area contributed by atoms with Gasteiger partial charge in [0.05, 0.1) is 22.0 Å². The van der Waals surface area contributed by atoms with Crippen LogP contribution in [0.25, 0.3) is 0 Å². The molecule has 0 saturated carbocycles. The highest BCUT2D eigenvalue weighted by molar-refractivity contribution is 7.91. The second kappa shape index (κ2) is 7.40. The van der Waals surface area contributed by atoms with Gasteiger partial charge in [-0.3, -0.25) is 9.97 Å². The number of fused-ring (bicyclic) bond motifs is 2. The lowest BCUT2D eigenvalue weighted by molar-refractivity contribution is 0.0735. The molecule has 0 spiro atoms. The van der Waals surface area contributed by atoms with Gasteiger partial charge in [0.1, 0.15) is 15.5 Å². The maximum atomic E-state index is 13.1. The van der Waals surface area contributed by atoms with E-state index in [1.54, 1.807) is 26.8 Å². The van der Waals surface area contributed by atoms with Crippen LogP contribution in [0.3, 0.4) is 0 Å². The van der Waals surface area contributed by atoms with Crippen molar-refractivity contribution < 1.29 is 14.1 Å². The minimum absolute atomic E-state index is 0.177. The summed E-state index contributed by atoms with van der Waals surface area (Å²) in [4.78, 5) is 22.0. The van der Waals surface area contributed by atoms with Crippen LogP contribution in [0.5, 0.6) is 0 Å². The number of anilines is 1. The highest BCUT2D eigenvalue weighted by atomic mass is 32.2. The van der Waals surface area contributed by atoms with Crippen molar-refractivity contribution in [3.05, 3.63) is 46.0 Å². The Kier molecular flexibility index (Phi) is 5.16. The monoisotopic (exact) mass is 429 g/mol. The lowest BCUT2D eigenvalue weighted by Crippen LogP contribution is -2.22. The zero-order chi connectivity index (χ0) is 21.7. The third kappa shape index (κ3) is 3.84. The molecule has 0 aromatic carbocycles. The third-order valence-electron chi connectivity index (χ3n) is 5.68. The van der Waals surface area contributed by atoms with Crippen LogP contribution >= 0.6 is 0 Å². The van der Waals surface area contributed by atoms with Crippen LogP contribution in [0.15, 0.2) is 21.4 Å².